The molecule has 0 N–H and O–H groups in total. The van der Waals surface area contributed by atoms with Gasteiger partial charge in [0.2, 0.25) is 12.6 Å². The van der Waals surface area contributed by atoms with E-state index in [0.717, 1.165) is 11.1 Å². The van der Waals surface area contributed by atoms with Crippen molar-refractivity contribution >= 4 is 28.5 Å². The molecule has 6 rings (SSSR count). The first-order valence-electron chi connectivity index (χ1n) is 11.3. The molecule has 7 nitrogen and oxygen atoms in total. The van der Waals surface area contributed by atoms with Gasteiger partial charge in [-0.2, -0.15) is 0 Å². The van der Waals surface area contributed by atoms with Crippen molar-refractivity contribution in [3.05, 3.63) is 111 Å². The number of nitrogens with zero attached hydrogens (tertiary/aromatic N) is 1. The maximum atomic E-state index is 13.7. The number of hydrogen-bond donors (Lipinski definition) is 0. The summed E-state index contributed by atoms with van der Waals surface area (Å²) >= 11 is 6.17. The Bertz CT molecular complexity index is 1590. The minimum absolute atomic E-state index is 0.0259. The molecule has 36 heavy (non-hydrogen) atoms. The summed E-state index contributed by atoms with van der Waals surface area (Å²) < 4.78 is 22.6. The zero-order chi connectivity index (χ0) is 24.8. The summed E-state index contributed by atoms with van der Waals surface area (Å²) in [4.78, 5) is 29.1. The molecule has 8 heteroatoms. The molecule has 1 unspecified atom stereocenters. The van der Waals surface area contributed by atoms with Crippen LogP contribution in [-0.4, -0.2) is 24.2 Å². The lowest BCUT2D eigenvalue weighted by Gasteiger charge is -2.25. The third-order valence-electron chi connectivity index (χ3n) is 6.26. The monoisotopic (exact) mass is 501 g/mol. The predicted molar refractivity (Wildman–Crippen MR) is 134 cm³/mol. The lowest BCUT2D eigenvalue weighted by molar-refractivity contribution is 0.0714. The van der Waals surface area contributed by atoms with Crippen LogP contribution in [-0.2, 0) is 6.54 Å². The van der Waals surface area contributed by atoms with E-state index < -0.39 is 6.04 Å². The van der Waals surface area contributed by atoms with Gasteiger partial charge in [0.25, 0.3) is 5.91 Å². The Balaban J connectivity index is 1.50. The molecule has 180 valence electrons. The van der Waals surface area contributed by atoms with E-state index in [1.165, 1.54) is 0 Å². The molecule has 0 saturated carbocycles. The zero-order valence-electron chi connectivity index (χ0n) is 19.0. The van der Waals surface area contributed by atoms with E-state index in [0.29, 0.717) is 39.8 Å². The van der Waals surface area contributed by atoms with Crippen LogP contribution in [0.25, 0.3) is 11.0 Å². The Hall–Kier alpha value is -4.23. The van der Waals surface area contributed by atoms with Gasteiger partial charge in [0, 0.05) is 11.6 Å². The Morgan fingerprint density at radius 1 is 1.06 bits per heavy atom. The normalized spacial score (nSPS) is 15.9. The molecule has 2 aliphatic heterocycles. The Morgan fingerprint density at radius 2 is 1.92 bits per heavy atom. The van der Waals surface area contributed by atoms with Crippen LogP contribution in [0.5, 0.6) is 17.2 Å². The van der Waals surface area contributed by atoms with Crippen molar-refractivity contribution in [2.45, 2.75) is 12.6 Å². The van der Waals surface area contributed by atoms with E-state index in [1.807, 2.05) is 42.5 Å². The van der Waals surface area contributed by atoms with Gasteiger partial charge in [0.1, 0.15) is 17.9 Å². The van der Waals surface area contributed by atoms with Crippen molar-refractivity contribution in [1.82, 2.24) is 4.90 Å². The maximum Gasteiger partial charge on any atom is 0.291 e. The number of hydrogen-bond acceptors (Lipinski definition) is 6. The number of carbonyl (C=O) groups is 1. The molecule has 0 saturated heterocycles. The third kappa shape index (κ3) is 3.69. The van der Waals surface area contributed by atoms with E-state index in [-0.39, 0.29) is 36.0 Å². The van der Waals surface area contributed by atoms with E-state index in [2.05, 4.69) is 6.58 Å². The lowest BCUT2D eigenvalue weighted by Crippen LogP contribution is -2.29. The summed E-state index contributed by atoms with van der Waals surface area (Å²) in [5.41, 5.74) is 1.83. The van der Waals surface area contributed by atoms with E-state index >= 15 is 0 Å². The van der Waals surface area contributed by atoms with Crippen LogP contribution in [0.1, 0.15) is 33.3 Å². The van der Waals surface area contributed by atoms with E-state index in [1.54, 1.807) is 29.2 Å². The topological polar surface area (TPSA) is 78.2 Å². The molecular weight excluding hydrogens is 482 g/mol. The van der Waals surface area contributed by atoms with Crippen LogP contribution < -0.4 is 19.6 Å². The van der Waals surface area contributed by atoms with Crippen LogP contribution in [0.3, 0.4) is 0 Å². The van der Waals surface area contributed by atoms with Gasteiger partial charge >= 0.3 is 0 Å². The first-order chi connectivity index (χ1) is 17.5. The molecule has 1 aromatic heterocycles. The smallest absolute Gasteiger partial charge is 0.291 e. The molecule has 4 aromatic rings. The maximum absolute atomic E-state index is 13.7. The number of ether oxygens (including phenoxy) is 3. The van der Waals surface area contributed by atoms with Crippen molar-refractivity contribution in [2.24, 2.45) is 0 Å². The van der Waals surface area contributed by atoms with Crippen LogP contribution in [0.2, 0.25) is 5.02 Å². The Morgan fingerprint density at radius 3 is 2.78 bits per heavy atom. The number of halogens is 1. The van der Waals surface area contributed by atoms with Gasteiger partial charge in [-0.05, 0) is 53.6 Å². The minimum Gasteiger partial charge on any atom is -0.490 e. The molecule has 0 spiro atoms. The number of rotatable bonds is 6. The van der Waals surface area contributed by atoms with Crippen molar-refractivity contribution in [1.29, 1.82) is 0 Å². The predicted octanol–water partition coefficient (Wildman–Crippen LogP) is 5.49. The SMILES string of the molecule is C=CCOc1cccc(C2c3c(oc4ccc(Cl)cc4c3=O)C(=O)N2Cc2ccc3c(c2)OCO3)c1. The minimum atomic E-state index is -0.690. The number of carbonyl (C=O) groups excluding carboxylic acids is 1. The van der Waals surface area contributed by atoms with Crippen molar-refractivity contribution in [2.75, 3.05) is 13.4 Å². The number of benzene rings is 3. The van der Waals surface area contributed by atoms with Gasteiger partial charge in [0.15, 0.2) is 16.9 Å². The van der Waals surface area contributed by atoms with E-state index in [9.17, 15) is 9.59 Å². The fourth-order valence-corrected chi connectivity index (χ4v) is 4.84. The highest BCUT2D eigenvalue weighted by Gasteiger charge is 2.43. The molecule has 0 aliphatic carbocycles. The molecule has 3 heterocycles. The first kappa shape index (κ1) is 22.2. The van der Waals surface area contributed by atoms with Crippen molar-refractivity contribution in [3.63, 3.8) is 0 Å². The van der Waals surface area contributed by atoms with Crippen LogP contribution in [0.4, 0.5) is 0 Å². The highest BCUT2D eigenvalue weighted by atomic mass is 35.5. The second-order valence-corrected chi connectivity index (χ2v) is 8.95. The van der Waals surface area contributed by atoms with Crippen LogP contribution in [0, 0.1) is 0 Å². The molecule has 1 amide bonds. The summed E-state index contributed by atoms with van der Waals surface area (Å²) in [6, 6.07) is 17.0. The number of amides is 1. The molecular formula is C28H20ClNO6. The summed E-state index contributed by atoms with van der Waals surface area (Å²) in [5, 5.41) is 0.732. The highest BCUT2D eigenvalue weighted by molar-refractivity contribution is 6.31. The van der Waals surface area contributed by atoms with Gasteiger partial charge in [-0.25, -0.2) is 0 Å². The Kier molecular flexibility index (Phi) is 5.42. The quantitative estimate of drug-likeness (QED) is 0.325. The highest BCUT2D eigenvalue weighted by Crippen LogP contribution is 2.41. The fourth-order valence-electron chi connectivity index (χ4n) is 4.67. The molecule has 0 fully saturated rings. The van der Waals surface area contributed by atoms with E-state index in [4.69, 9.17) is 30.2 Å². The molecule has 1 atom stereocenters. The Labute approximate surface area is 211 Å². The third-order valence-corrected chi connectivity index (χ3v) is 6.49. The molecule has 0 bridgehead atoms. The molecule has 3 aromatic carbocycles. The van der Waals surface area contributed by atoms with Gasteiger partial charge in [-0.15, -0.1) is 0 Å². The standard InChI is InChI=1S/C28H20ClNO6/c1-2-10-33-19-5-3-4-17(12-19)25-24-26(31)20-13-18(29)7-9-21(20)36-27(24)28(32)30(25)14-16-6-8-22-23(11-16)35-15-34-22/h2-9,11-13,25H,1,10,14-15H2. The average molecular weight is 502 g/mol. The molecule has 0 radical (unpaired) electrons. The largest absolute Gasteiger partial charge is 0.490 e. The van der Waals surface area contributed by atoms with Gasteiger partial charge in [-0.1, -0.05) is 42.5 Å². The molecule has 2 aliphatic rings. The summed E-state index contributed by atoms with van der Waals surface area (Å²) in [5.74, 6) is 1.52. The fraction of sp³-hybridized carbons (Fsp3) is 0.143. The first-order valence-corrected chi connectivity index (χ1v) is 11.7. The second kappa shape index (κ2) is 8.77. The zero-order valence-corrected chi connectivity index (χ0v) is 19.8. The van der Waals surface area contributed by atoms with Gasteiger partial charge in [-0.3, -0.25) is 9.59 Å². The number of fused-ring (bicyclic) bond motifs is 3. The second-order valence-electron chi connectivity index (χ2n) is 8.51. The summed E-state index contributed by atoms with van der Waals surface area (Å²) in [7, 11) is 0. The van der Waals surface area contributed by atoms with Gasteiger partial charge in [0.05, 0.1) is 17.0 Å². The van der Waals surface area contributed by atoms with Crippen molar-refractivity contribution in [3.8, 4) is 17.2 Å². The summed E-state index contributed by atoms with van der Waals surface area (Å²) in [6.45, 7) is 4.39. The lowest BCUT2D eigenvalue weighted by atomic mass is 9.98. The average Bonchev–Trinajstić information content (AvgIpc) is 3.46. The van der Waals surface area contributed by atoms with Gasteiger partial charge < -0.3 is 23.5 Å². The van der Waals surface area contributed by atoms with Crippen LogP contribution >= 0.6 is 11.6 Å². The van der Waals surface area contributed by atoms with Crippen LogP contribution in [0.15, 0.2) is 82.5 Å². The van der Waals surface area contributed by atoms with Crippen molar-refractivity contribution < 1.29 is 23.4 Å². The summed E-state index contributed by atoms with van der Waals surface area (Å²) in [6.07, 6.45) is 1.65.